The molecule has 17 heavy (non-hydrogen) atoms. The lowest BCUT2D eigenvalue weighted by Crippen LogP contribution is -2.39. The highest BCUT2D eigenvalue weighted by Crippen LogP contribution is 2.24. The van der Waals surface area contributed by atoms with Crippen LogP contribution in [0.25, 0.3) is 0 Å². The molecule has 0 aromatic rings. The van der Waals surface area contributed by atoms with Gasteiger partial charge in [-0.2, -0.15) is 0 Å². The maximum atomic E-state index is 6.34. The maximum absolute atomic E-state index is 6.34. The van der Waals surface area contributed by atoms with E-state index in [0.29, 0.717) is 6.04 Å². The van der Waals surface area contributed by atoms with Crippen LogP contribution in [0.3, 0.4) is 0 Å². The Hall–Kier alpha value is -0.0800. The number of rotatable bonds is 2. The minimum atomic E-state index is 0.471. The van der Waals surface area contributed by atoms with E-state index in [0.717, 1.165) is 11.8 Å². The molecule has 0 aromatic carbocycles. The molecular weight excluding hydrogens is 208 g/mol. The van der Waals surface area contributed by atoms with Crippen molar-refractivity contribution in [3.8, 4) is 0 Å². The van der Waals surface area contributed by atoms with Gasteiger partial charge in [0.15, 0.2) is 0 Å². The van der Waals surface area contributed by atoms with Gasteiger partial charge in [-0.25, -0.2) is 0 Å². The van der Waals surface area contributed by atoms with E-state index in [1.54, 1.807) is 0 Å². The minimum absolute atomic E-state index is 0.471. The van der Waals surface area contributed by atoms with Crippen LogP contribution in [0.5, 0.6) is 0 Å². The highest BCUT2D eigenvalue weighted by atomic mass is 15.1. The molecular formula is C15H30N2. The second kappa shape index (κ2) is 6.75. The van der Waals surface area contributed by atoms with Crippen LogP contribution in [0.4, 0.5) is 0 Å². The monoisotopic (exact) mass is 238 g/mol. The van der Waals surface area contributed by atoms with Gasteiger partial charge < -0.3 is 10.6 Å². The van der Waals surface area contributed by atoms with Crippen molar-refractivity contribution in [2.75, 3.05) is 19.6 Å². The first-order chi connectivity index (χ1) is 8.25. The molecule has 2 nitrogen and oxygen atoms in total. The van der Waals surface area contributed by atoms with E-state index in [1.165, 1.54) is 71.0 Å². The molecule has 100 valence electrons. The summed E-state index contributed by atoms with van der Waals surface area (Å²) < 4.78 is 0. The maximum Gasteiger partial charge on any atom is 0.00793 e. The third kappa shape index (κ3) is 4.26. The Morgan fingerprint density at radius 3 is 2.65 bits per heavy atom. The molecule has 0 bridgehead atoms. The van der Waals surface area contributed by atoms with Crippen LogP contribution >= 0.6 is 0 Å². The summed E-state index contributed by atoms with van der Waals surface area (Å²) in [5, 5.41) is 0. The van der Waals surface area contributed by atoms with Crippen molar-refractivity contribution in [3.63, 3.8) is 0 Å². The van der Waals surface area contributed by atoms with E-state index in [-0.39, 0.29) is 0 Å². The van der Waals surface area contributed by atoms with Crippen LogP contribution in [-0.2, 0) is 0 Å². The third-order valence-corrected chi connectivity index (χ3v) is 4.82. The van der Waals surface area contributed by atoms with Crippen LogP contribution < -0.4 is 5.73 Å². The van der Waals surface area contributed by atoms with Gasteiger partial charge in [0.25, 0.3) is 0 Å². The zero-order chi connectivity index (χ0) is 12.1. The van der Waals surface area contributed by atoms with Gasteiger partial charge in [-0.1, -0.05) is 26.2 Å². The van der Waals surface area contributed by atoms with E-state index in [1.807, 2.05) is 0 Å². The third-order valence-electron chi connectivity index (χ3n) is 4.82. The zero-order valence-electron chi connectivity index (χ0n) is 11.5. The fourth-order valence-electron chi connectivity index (χ4n) is 3.48. The molecule has 2 rings (SSSR count). The van der Waals surface area contributed by atoms with Gasteiger partial charge in [-0.3, -0.25) is 0 Å². The van der Waals surface area contributed by atoms with Crippen LogP contribution in [0.2, 0.25) is 0 Å². The van der Waals surface area contributed by atoms with E-state index in [9.17, 15) is 0 Å². The van der Waals surface area contributed by atoms with Crippen LogP contribution in [0, 0.1) is 11.8 Å². The molecule has 0 amide bonds. The van der Waals surface area contributed by atoms with Crippen molar-refractivity contribution >= 4 is 0 Å². The second-order valence-electron chi connectivity index (χ2n) is 6.40. The van der Waals surface area contributed by atoms with Crippen molar-refractivity contribution in [2.45, 2.75) is 64.3 Å². The highest BCUT2D eigenvalue weighted by Gasteiger charge is 2.23. The van der Waals surface area contributed by atoms with Gasteiger partial charge in [0.1, 0.15) is 0 Å². The van der Waals surface area contributed by atoms with E-state index < -0.39 is 0 Å². The topological polar surface area (TPSA) is 29.3 Å². The first-order valence-corrected chi connectivity index (χ1v) is 7.73. The molecule has 1 aliphatic heterocycles. The molecule has 1 aliphatic carbocycles. The molecule has 2 N–H and O–H groups in total. The van der Waals surface area contributed by atoms with Gasteiger partial charge in [0.05, 0.1) is 0 Å². The van der Waals surface area contributed by atoms with Crippen molar-refractivity contribution in [1.29, 1.82) is 0 Å². The van der Waals surface area contributed by atoms with Gasteiger partial charge in [-0.15, -0.1) is 0 Å². The van der Waals surface area contributed by atoms with E-state index in [2.05, 4.69) is 11.8 Å². The molecule has 1 saturated heterocycles. The molecule has 1 saturated carbocycles. The Bertz CT molecular complexity index is 217. The molecule has 0 radical (unpaired) electrons. The Balaban J connectivity index is 1.81. The summed E-state index contributed by atoms with van der Waals surface area (Å²) in [6.45, 7) is 6.30. The molecule has 0 spiro atoms. The Morgan fingerprint density at radius 1 is 0.941 bits per heavy atom. The Morgan fingerprint density at radius 2 is 1.76 bits per heavy atom. The van der Waals surface area contributed by atoms with Crippen molar-refractivity contribution in [2.24, 2.45) is 17.6 Å². The van der Waals surface area contributed by atoms with Crippen molar-refractivity contribution < 1.29 is 0 Å². The van der Waals surface area contributed by atoms with Crippen LogP contribution in [0.1, 0.15) is 58.3 Å². The normalized spacial score (nSPS) is 37.4. The summed E-state index contributed by atoms with van der Waals surface area (Å²) >= 11 is 0. The van der Waals surface area contributed by atoms with Crippen LogP contribution in [-0.4, -0.2) is 30.6 Å². The first-order valence-electron chi connectivity index (χ1n) is 7.73. The lowest BCUT2D eigenvalue weighted by Gasteiger charge is -2.29. The van der Waals surface area contributed by atoms with E-state index in [4.69, 9.17) is 5.73 Å². The molecule has 3 unspecified atom stereocenters. The number of nitrogens with two attached hydrogens (primary N) is 1. The van der Waals surface area contributed by atoms with Crippen molar-refractivity contribution in [3.05, 3.63) is 0 Å². The summed E-state index contributed by atoms with van der Waals surface area (Å²) in [4.78, 5) is 2.69. The van der Waals surface area contributed by atoms with Gasteiger partial charge >= 0.3 is 0 Å². The Kier molecular flexibility index (Phi) is 5.30. The summed E-state index contributed by atoms with van der Waals surface area (Å²) in [5.74, 6) is 1.70. The average Bonchev–Trinajstić information content (AvgIpc) is 2.63. The van der Waals surface area contributed by atoms with Gasteiger partial charge in [0.2, 0.25) is 0 Å². The lowest BCUT2D eigenvalue weighted by molar-refractivity contribution is 0.211. The van der Waals surface area contributed by atoms with Crippen molar-refractivity contribution in [1.82, 2.24) is 4.90 Å². The van der Waals surface area contributed by atoms with Crippen LogP contribution in [0.15, 0.2) is 0 Å². The van der Waals surface area contributed by atoms with Gasteiger partial charge in [-0.05, 0) is 57.0 Å². The number of nitrogens with zero attached hydrogens (tertiary/aromatic N) is 1. The largest absolute Gasteiger partial charge is 0.327 e. The second-order valence-corrected chi connectivity index (χ2v) is 6.40. The standard InChI is InChI=1S/C15H30N2/c1-13-6-5-10-17(11-9-13)12-14-7-3-2-4-8-15(14)16/h13-15H,2-12,16H2,1H3. The average molecular weight is 238 g/mol. The van der Waals surface area contributed by atoms with E-state index >= 15 is 0 Å². The predicted molar refractivity (Wildman–Crippen MR) is 74.0 cm³/mol. The minimum Gasteiger partial charge on any atom is -0.327 e. The van der Waals surface area contributed by atoms with Gasteiger partial charge in [0, 0.05) is 12.6 Å². The summed E-state index contributed by atoms with van der Waals surface area (Å²) in [5.41, 5.74) is 6.34. The molecule has 2 fully saturated rings. The zero-order valence-corrected chi connectivity index (χ0v) is 11.5. The summed E-state index contributed by atoms with van der Waals surface area (Å²) in [6.07, 6.45) is 11.0. The summed E-state index contributed by atoms with van der Waals surface area (Å²) in [7, 11) is 0. The smallest absolute Gasteiger partial charge is 0.00793 e. The lowest BCUT2D eigenvalue weighted by atomic mass is 9.95. The fraction of sp³-hybridized carbons (Fsp3) is 1.00. The SMILES string of the molecule is CC1CCCN(CC2CCCCCC2N)CC1. The first kappa shape index (κ1) is 13.4. The molecule has 3 atom stereocenters. The molecule has 2 heteroatoms. The summed E-state index contributed by atoms with van der Waals surface area (Å²) in [6, 6.07) is 0.471. The highest BCUT2D eigenvalue weighted by molar-refractivity contribution is 4.80. The molecule has 1 heterocycles. The fourth-order valence-corrected chi connectivity index (χ4v) is 3.48. The Labute approximate surface area is 107 Å². The quantitative estimate of drug-likeness (QED) is 0.749. The number of hydrogen-bond acceptors (Lipinski definition) is 2. The number of hydrogen-bond donors (Lipinski definition) is 1. The molecule has 2 aliphatic rings. The molecule has 0 aromatic heterocycles. The number of likely N-dealkylation sites (tertiary alicyclic amines) is 1. The predicted octanol–water partition coefficient (Wildman–Crippen LogP) is 3.02.